The zero-order chi connectivity index (χ0) is 12.2. The second-order valence-electron chi connectivity index (χ2n) is 6.44. The summed E-state index contributed by atoms with van der Waals surface area (Å²) in [4.78, 5) is 11.2. The van der Waals surface area contributed by atoms with Crippen LogP contribution in [0.2, 0.25) is 0 Å². The Kier molecular flexibility index (Phi) is 2.51. The Morgan fingerprint density at radius 2 is 2.00 bits per heavy atom. The summed E-state index contributed by atoms with van der Waals surface area (Å²) in [6, 6.07) is 0. The highest BCUT2D eigenvalue weighted by Crippen LogP contribution is 2.56. The Hall–Kier alpha value is -0.570. The number of carbonyl (C=O) groups is 1. The summed E-state index contributed by atoms with van der Waals surface area (Å²) in [5.41, 5.74) is -0.376. The predicted molar refractivity (Wildman–Crippen MR) is 63.4 cm³/mol. The zero-order valence-corrected chi connectivity index (χ0v) is 10.9. The van der Waals surface area contributed by atoms with Crippen molar-refractivity contribution < 1.29 is 14.3 Å². The fourth-order valence-corrected chi connectivity index (χ4v) is 4.42. The number of hydrogen-bond donors (Lipinski definition) is 0. The van der Waals surface area contributed by atoms with E-state index >= 15 is 0 Å². The molecule has 2 heterocycles. The smallest absolute Gasteiger partial charge is 0.303 e. The first-order chi connectivity index (χ1) is 7.99. The average molecular weight is 238 g/mol. The first kappa shape index (κ1) is 11.5. The average Bonchev–Trinajstić information content (AvgIpc) is 2.88. The molecule has 5 unspecified atom stereocenters. The van der Waals surface area contributed by atoms with Crippen LogP contribution < -0.4 is 0 Å². The first-order valence-corrected chi connectivity index (χ1v) is 6.84. The lowest BCUT2D eigenvalue weighted by Gasteiger charge is -2.38. The third-order valence-corrected chi connectivity index (χ3v) is 5.04. The van der Waals surface area contributed by atoms with Gasteiger partial charge < -0.3 is 9.47 Å². The van der Waals surface area contributed by atoms with Crippen molar-refractivity contribution in [3.8, 4) is 0 Å². The van der Waals surface area contributed by atoms with Gasteiger partial charge in [0.05, 0.1) is 12.2 Å². The quantitative estimate of drug-likeness (QED) is 0.693. The molecule has 3 rings (SSSR count). The molecule has 2 bridgehead atoms. The molecule has 0 aromatic carbocycles. The molecule has 3 nitrogen and oxygen atoms in total. The largest absolute Gasteiger partial charge is 0.459 e. The second-order valence-corrected chi connectivity index (χ2v) is 6.44. The van der Waals surface area contributed by atoms with Gasteiger partial charge >= 0.3 is 5.97 Å². The molecule has 0 spiro atoms. The van der Waals surface area contributed by atoms with Gasteiger partial charge in [0.2, 0.25) is 0 Å². The molecule has 3 heteroatoms. The highest BCUT2D eigenvalue weighted by Gasteiger charge is 2.59. The third kappa shape index (κ3) is 1.70. The fourth-order valence-electron chi connectivity index (χ4n) is 4.42. The van der Waals surface area contributed by atoms with Gasteiger partial charge in [-0.25, -0.2) is 0 Å². The topological polar surface area (TPSA) is 35.5 Å². The normalized spacial score (nSPS) is 43.8. The molecule has 1 aliphatic carbocycles. The maximum Gasteiger partial charge on any atom is 0.303 e. The maximum absolute atomic E-state index is 11.2. The van der Waals surface area contributed by atoms with Crippen LogP contribution in [0.15, 0.2) is 0 Å². The monoisotopic (exact) mass is 238 g/mol. The molecule has 0 aromatic heterocycles. The summed E-state index contributed by atoms with van der Waals surface area (Å²) in [5, 5.41) is 0. The Balaban J connectivity index is 1.76. The number of esters is 1. The predicted octanol–water partition coefficient (Wildman–Crippen LogP) is 2.53. The van der Waals surface area contributed by atoms with Crippen molar-refractivity contribution in [2.24, 2.45) is 17.8 Å². The van der Waals surface area contributed by atoms with E-state index in [9.17, 15) is 4.79 Å². The first-order valence-electron chi connectivity index (χ1n) is 6.84. The van der Waals surface area contributed by atoms with Crippen LogP contribution in [0.1, 0.15) is 46.5 Å². The summed E-state index contributed by atoms with van der Waals surface area (Å²) in [5.74, 6) is 1.73. The third-order valence-electron chi connectivity index (χ3n) is 5.04. The van der Waals surface area contributed by atoms with E-state index in [0.29, 0.717) is 18.1 Å². The van der Waals surface area contributed by atoms with Crippen molar-refractivity contribution in [2.75, 3.05) is 0 Å². The Morgan fingerprint density at radius 1 is 1.29 bits per heavy atom. The summed E-state index contributed by atoms with van der Waals surface area (Å²) in [6.07, 6.45) is 5.85. The van der Waals surface area contributed by atoms with Crippen molar-refractivity contribution in [3.63, 3.8) is 0 Å². The number of rotatable bonds is 2. The number of hydrogen-bond acceptors (Lipinski definition) is 3. The number of carbonyl (C=O) groups excluding carboxylic acids is 1. The van der Waals surface area contributed by atoms with Gasteiger partial charge in [0.1, 0.15) is 5.60 Å². The highest BCUT2D eigenvalue weighted by atomic mass is 16.6. The van der Waals surface area contributed by atoms with Crippen molar-refractivity contribution in [1.82, 2.24) is 0 Å². The molecular formula is C14H22O3. The molecule has 0 N–H and O–H groups in total. The van der Waals surface area contributed by atoms with E-state index in [2.05, 4.69) is 0 Å². The Morgan fingerprint density at radius 3 is 2.71 bits per heavy atom. The van der Waals surface area contributed by atoms with Crippen molar-refractivity contribution in [1.29, 1.82) is 0 Å². The van der Waals surface area contributed by atoms with Crippen molar-refractivity contribution in [2.45, 2.75) is 64.3 Å². The molecule has 17 heavy (non-hydrogen) atoms. The molecule has 0 radical (unpaired) electrons. The maximum atomic E-state index is 11.2. The van der Waals surface area contributed by atoms with E-state index in [1.165, 1.54) is 26.2 Å². The minimum absolute atomic E-state index is 0.180. The van der Waals surface area contributed by atoms with Crippen LogP contribution >= 0.6 is 0 Å². The van der Waals surface area contributed by atoms with Gasteiger partial charge in [-0.3, -0.25) is 4.79 Å². The van der Waals surface area contributed by atoms with Gasteiger partial charge in [0.25, 0.3) is 0 Å². The van der Waals surface area contributed by atoms with Crippen LogP contribution in [0.25, 0.3) is 0 Å². The minimum Gasteiger partial charge on any atom is -0.459 e. The van der Waals surface area contributed by atoms with E-state index in [0.717, 1.165) is 18.3 Å². The van der Waals surface area contributed by atoms with Crippen LogP contribution in [0.5, 0.6) is 0 Å². The SMILES string of the molecule is CC(=O)OC(C)(C)C1CC2OC1C1CCCC21. The van der Waals surface area contributed by atoms with Crippen molar-refractivity contribution >= 4 is 5.97 Å². The van der Waals surface area contributed by atoms with E-state index in [-0.39, 0.29) is 11.6 Å². The van der Waals surface area contributed by atoms with Gasteiger partial charge in [-0.05, 0) is 44.9 Å². The lowest BCUT2D eigenvalue weighted by Crippen LogP contribution is -2.45. The highest BCUT2D eigenvalue weighted by molar-refractivity contribution is 5.66. The molecule has 3 fully saturated rings. The molecule has 5 atom stereocenters. The summed E-state index contributed by atoms with van der Waals surface area (Å²) >= 11 is 0. The zero-order valence-electron chi connectivity index (χ0n) is 10.9. The number of ether oxygens (including phenoxy) is 2. The Labute approximate surface area is 103 Å². The lowest BCUT2D eigenvalue weighted by atomic mass is 9.70. The Bertz CT molecular complexity index is 336. The van der Waals surface area contributed by atoms with E-state index in [1.54, 1.807) is 0 Å². The molecule has 3 aliphatic rings. The van der Waals surface area contributed by atoms with E-state index < -0.39 is 0 Å². The molecule has 1 saturated carbocycles. The molecule has 2 saturated heterocycles. The standard InChI is InChI=1S/C14H22O3/c1-8(15)17-14(2,3)11-7-12-9-5-4-6-10(9)13(11)16-12/h9-13H,4-7H2,1-3H3. The van der Waals surface area contributed by atoms with Crippen LogP contribution in [-0.4, -0.2) is 23.8 Å². The molecule has 2 aliphatic heterocycles. The van der Waals surface area contributed by atoms with E-state index in [4.69, 9.17) is 9.47 Å². The van der Waals surface area contributed by atoms with Crippen LogP contribution in [0.3, 0.4) is 0 Å². The molecular weight excluding hydrogens is 216 g/mol. The van der Waals surface area contributed by atoms with Crippen molar-refractivity contribution in [3.05, 3.63) is 0 Å². The summed E-state index contributed by atoms with van der Waals surface area (Å²) in [7, 11) is 0. The van der Waals surface area contributed by atoms with Gasteiger partial charge in [0, 0.05) is 12.8 Å². The van der Waals surface area contributed by atoms with Crippen LogP contribution in [0.4, 0.5) is 0 Å². The van der Waals surface area contributed by atoms with Gasteiger partial charge in [-0.2, -0.15) is 0 Å². The fraction of sp³-hybridized carbons (Fsp3) is 0.929. The second kappa shape index (κ2) is 3.71. The van der Waals surface area contributed by atoms with Crippen LogP contribution in [-0.2, 0) is 14.3 Å². The summed E-state index contributed by atoms with van der Waals surface area (Å²) < 4.78 is 11.6. The van der Waals surface area contributed by atoms with Crippen LogP contribution in [0, 0.1) is 17.8 Å². The lowest BCUT2D eigenvalue weighted by molar-refractivity contribution is -0.161. The molecule has 96 valence electrons. The van der Waals surface area contributed by atoms with Gasteiger partial charge in [-0.1, -0.05) is 6.42 Å². The van der Waals surface area contributed by atoms with Gasteiger partial charge in [0.15, 0.2) is 0 Å². The number of fused-ring (bicyclic) bond motifs is 5. The summed E-state index contributed by atoms with van der Waals surface area (Å²) in [6.45, 7) is 5.56. The molecule has 0 aromatic rings. The van der Waals surface area contributed by atoms with Gasteiger partial charge in [-0.15, -0.1) is 0 Å². The minimum atomic E-state index is -0.376. The molecule has 0 amide bonds. The van der Waals surface area contributed by atoms with E-state index in [1.807, 2.05) is 13.8 Å².